The van der Waals surface area contributed by atoms with E-state index in [-0.39, 0.29) is 11.8 Å². The Kier molecular flexibility index (Phi) is 6.13. The summed E-state index contributed by atoms with van der Waals surface area (Å²) in [6.45, 7) is 5.41. The van der Waals surface area contributed by atoms with Crippen LogP contribution in [0.1, 0.15) is 81.8 Å². The van der Waals surface area contributed by atoms with Crippen molar-refractivity contribution in [3.8, 4) is 0 Å². The van der Waals surface area contributed by atoms with Gasteiger partial charge in [-0.25, -0.2) is 0 Å². The lowest BCUT2D eigenvalue weighted by Gasteiger charge is -2.55. The van der Waals surface area contributed by atoms with Gasteiger partial charge in [0.1, 0.15) is 5.78 Å². The zero-order chi connectivity index (χ0) is 23.2. The Bertz CT molecular complexity index is 967. The van der Waals surface area contributed by atoms with Crippen LogP contribution in [0.15, 0.2) is 35.9 Å². The third kappa shape index (κ3) is 4.06. The van der Waals surface area contributed by atoms with E-state index in [9.17, 15) is 9.59 Å². The van der Waals surface area contributed by atoms with Crippen molar-refractivity contribution in [2.45, 2.75) is 89.1 Å². The molecule has 4 heteroatoms. The van der Waals surface area contributed by atoms with Gasteiger partial charge < -0.3 is 4.90 Å². The molecule has 1 aromatic rings. The van der Waals surface area contributed by atoms with Crippen LogP contribution >= 0.6 is 0 Å². The maximum Gasteiger partial charge on any atom is 0.230 e. The Labute approximate surface area is 204 Å². The molecule has 2 aliphatic carbocycles. The van der Waals surface area contributed by atoms with E-state index in [1.807, 2.05) is 0 Å². The highest BCUT2D eigenvalue weighted by Crippen LogP contribution is 2.45. The molecule has 3 aliphatic heterocycles. The fraction of sp³-hybridized carbons (Fsp3) is 0.667. The second-order valence-electron chi connectivity index (χ2n) is 11.8. The topological polar surface area (TPSA) is 40.6 Å². The molecule has 6 rings (SSSR count). The van der Waals surface area contributed by atoms with Gasteiger partial charge in [0, 0.05) is 31.5 Å². The molecule has 0 unspecified atom stereocenters. The molecular formula is C30H40N2O2. The molecule has 182 valence electrons. The summed E-state index contributed by atoms with van der Waals surface area (Å²) in [7, 11) is 0. The fourth-order valence-corrected chi connectivity index (χ4v) is 7.94. The van der Waals surface area contributed by atoms with Crippen molar-refractivity contribution in [3.63, 3.8) is 0 Å². The average Bonchev–Trinajstić information content (AvgIpc) is 3.27. The van der Waals surface area contributed by atoms with Crippen LogP contribution in [0.3, 0.4) is 0 Å². The Hall–Kier alpha value is -1.94. The van der Waals surface area contributed by atoms with Gasteiger partial charge in [0.25, 0.3) is 0 Å². The summed E-state index contributed by atoms with van der Waals surface area (Å²) in [6, 6.07) is 9.63. The summed E-state index contributed by atoms with van der Waals surface area (Å²) in [5.74, 6) is 2.11. The lowest BCUT2D eigenvalue weighted by Crippen LogP contribution is -2.60. The molecule has 4 nitrogen and oxygen atoms in total. The van der Waals surface area contributed by atoms with E-state index in [0.29, 0.717) is 29.6 Å². The van der Waals surface area contributed by atoms with Crippen LogP contribution in [0, 0.1) is 17.8 Å². The van der Waals surface area contributed by atoms with Crippen LogP contribution in [-0.4, -0.2) is 53.2 Å². The molecule has 34 heavy (non-hydrogen) atoms. The SMILES string of the molecule is C[C@@H](C(=O)N1CCCC2=C[C@H]3C[C@@H](CN4CCCC[C@H]34)[C@H]21)c1ccc(C[C@@H]2CCCC2=O)cc1. The minimum absolute atomic E-state index is 0.120. The summed E-state index contributed by atoms with van der Waals surface area (Å²) >= 11 is 0. The molecule has 2 bridgehead atoms. The number of hydrogen-bond donors (Lipinski definition) is 0. The van der Waals surface area contributed by atoms with Crippen LogP contribution < -0.4 is 0 Å². The normalized spacial score (nSPS) is 34.3. The summed E-state index contributed by atoms with van der Waals surface area (Å²) in [5.41, 5.74) is 3.90. The van der Waals surface area contributed by atoms with E-state index in [4.69, 9.17) is 0 Å². The third-order valence-electron chi connectivity index (χ3n) is 9.70. The van der Waals surface area contributed by atoms with Gasteiger partial charge in [-0.1, -0.05) is 42.3 Å². The maximum absolute atomic E-state index is 13.8. The van der Waals surface area contributed by atoms with Crippen LogP contribution in [0.25, 0.3) is 0 Å². The number of Topliss-reactive ketones (excluding diaryl/α,β-unsaturated/α-hetero) is 1. The summed E-state index contributed by atoms with van der Waals surface area (Å²) in [5, 5.41) is 0. The number of carbonyl (C=O) groups is 2. The van der Waals surface area contributed by atoms with Crippen LogP contribution in [0.5, 0.6) is 0 Å². The number of ketones is 1. The molecule has 3 heterocycles. The standard InChI is InChI=1S/C30H40N2O2/c1-20(22-12-10-21(11-13-22)16-23-6-4-9-28(23)33)30(34)32-15-5-7-24-17-25-18-26(29(24)32)19-31-14-3-2-8-27(25)31/h10-13,17,20,23,25-27,29H,2-9,14-16,18-19H2,1H3/t20-,23+,25+,26+,27-,29+/m1/s1. The first-order chi connectivity index (χ1) is 16.6. The van der Waals surface area contributed by atoms with Crippen molar-refractivity contribution >= 4 is 11.7 Å². The second-order valence-corrected chi connectivity index (χ2v) is 11.8. The van der Waals surface area contributed by atoms with Crippen molar-refractivity contribution in [3.05, 3.63) is 47.0 Å². The number of benzene rings is 1. The van der Waals surface area contributed by atoms with Crippen molar-refractivity contribution in [2.75, 3.05) is 19.6 Å². The number of likely N-dealkylation sites (tertiary alicyclic amines) is 1. The molecule has 0 radical (unpaired) electrons. The Morgan fingerprint density at radius 2 is 1.88 bits per heavy atom. The molecule has 1 saturated carbocycles. The minimum atomic E-state index is -0.120. The number of carbonyl (C=O) groups excluding carboxylic acids is 2. The zero-order valence-corrected chi connectivity index (χ0v) is 20.8. The number of amides is 1. The van der Waals surface area contributed by atoms with Gasteiger partial charge in [-0.15, -0.1) is 0 Å². The van der Waals surface area contributed by atoms with Gasteiger partial charge >= 0.3 is 0 Å². The fourth-order valence-electron chi connectivity index (χ4n) is 7.94. The lowest BCUT2D eigenvalue weighted by molar-refractivity contribution is -0.137. The van der Waals surface area contributed by atoms with Crippen molar-refractivity contribution < 1.29 is 9.59 Å². The Morgan fingerprint density at radius 3 is 2.68 bits per heavy atom. The zero-order valence-electron chi connectivity index (χ0n) is 20.8. The molecule has 5 aliphatic rings. The van der Waals surface area contributed by atoms with E-state index in [1.54, 1.807) is 5.57 Å². The molecule has 0 aromatic heterocycles. The van der Waals surface area contributed by atoms with Crippen molar-refractivity contribution in [2.24, 2.45) is 17.8 Å². The lowest BCUT2D eigenvalue weighted by atomic mass is 9.68. The Balaban J connectivity index is 1.17. The smallest absolute Gasteiger partial charge is 0.230 e. The molecule has 6 atom stereocenters. The second kappa shape index (κ2) is 9.26. The largest absolute Gasteiger partial charge is 0.335 e. The van der Waals surface area contributed by atoms with Gasteiger partial charge in [0.05, 0.1) is 12.0 Å². The van der Waals surface area contributed by atoms with Crippen LogP contribution in [-0.2, 0) is 16.0 Å². The van der Waals surface area contributed by atoms with Gasteiger partial charge in [0.2, 0.25) is 5.91 Å². The molecule has 1 aromatic carbocycles. The molecule has 4 fully saturated rings. The number of rotatable bonds is 4. The van der Waals surface area contributed by atoms with E-state index in [1.165, 1.54) is 50.8 Å². The molecule has 0 N–H and O–H groups in total. The molecule has 3 saturated heterocycles. The van der Waals surface area contributed by atoms with Gasteiger partial charge in [-0.2, -0.15) is 0 Å². The van der Waals surface area contributed by atoms with E-state index in [0.717, 1.165) is 50.3 Å². The first-order valence-electron chi connectivity index (χ1n) is 13.9. The highest BCUT2D eigenvalue weighted by Gasteiger charge is 2.47. The predicted molar refractivity (Wildman–Crippen MR) is 135 cm³/mol. The average molecular weight is 461 g/mol. The van der Waals surface area contributed by atoms with E-state index < -0.39 is 0 Å². The van der Waals surface area contributed by atoms with E-state index in [2.05, 4.69) is 47.1 Å². The quantitative estimate of drug-likeness (QED) is 0.586. The monoisotopic (exact) mass is 460 g/mol. The van der Waals surface area contributed by atoms with Crippen molar-refractivity contribution in [1.82, 2.24) is 9.80 Å². The summed E-state index contributed by atoms with van der Waals surface area (Å²) < 4.78 is 0. The van der Waals surface area contributed by atoms with Gasteiger partial charge in [-0.05, 0) is 87.8 Å². The van der Waals surface area contributed by atoms with Gasteiger partial charge in [-0.3, -0.25) is 14.5 Å². The Morgan fingerprint density at radius 1 is 1.03 bits per heavy atom. The first-order valence-corrected chi connectivity index (χ1v) is 13.9. The molecule has 0 spiro atoms. The maximum atomic E-state index is 13.8. The van der Waals surface area contributed by atoms with Crippen LogP contribution in [0.4, 0.5) is 0 Å². The van der Waals surface area contributed by atoms with Gasteiger partial charge in [0.15, 0.2) is 0 Å². The third-order valence-corrected chi connectivity index (χ3v) is 9.70. The highest BCUT2D eigenvalue weighted by molar-refractivity contribution is 5.84. The molecule has 1 amide bonds. The summed E-state index contributed by atoms with van der Waals surface area (Å²) in [4.78, 5) is 30.9. The minimum Gasteiger partial charge on any atom is -0.335 e. The number of hydrogen-bond acceptors (Lipinski definition) is 3. The van der Waals surface area contributed by atoms with E-state index >= 15 is 0 Å². The molecular weight excluding hydrogens is 420 g/mol. The van der Waals surface area contributed by atoms with Crippen LogP contribution in [0.2, 0.25) is 0 Å². The van der Waals surface area contributed by atoms with Crippen molar-refractivity contribution in [1.29, 1.82) is 0 Å². The highest BCUT2D eigenvalue weighted by atomic mass is 16.2. The first kappa shape index (κ1) is 22.5. The number of fused-ring (bicyclic) bond motifs is 6. The predicted octanol–water partition coefficient (Wildman–Crippen LogP) is 5.12. The number of nitrogens with zero attached hydrogens (tertiary/aromatic N) is 2. The number of piperidine rings is 3. The summed E-state index contributed by atoms with van der Waals surface area (Å²) in [6.07, 6.45) is 13.9.